The molecule has 0 spiro atoms. The number of hydrogen-bond donors (Lipinski definition) is 0. The predicted octanol–water partition coefficient (Wildman–Crippen LogP) is 3.69. The SMILES string of the molecule is COc1cc(=O)n(-c2ccccc2)cc1C(=O)N1CCC(Oc2cccc3cccnc23)C1. The van der Waals surface area contributed by atoms with Crippen LogP contribution < -0.4 is 15.0 Å². The third-order valence-corrected chi connectivity index (χ3v) is 5.82. The van der Waals surface area contributed by atoms with E-state index in [1.54, 1.807) is 17.3 Å². The monoisotopic (exact) mass is 441 g/mol. The second kappa shape index (κ2) is 8.78. The Morgan fingerprint density at radius 2 is 1.85 bits per heavy atom. The fourth-order valence-corrected chi connectivity index (χ4v) is 4.17. The van der Waals surface area contributed by atoms with Crippen molar-refractivity contribution in [2.24, 2.45) is 0 Å². The van der Waals surface area contributed by atoms with E-state index in [1.165, 1.54) is 17.7 Å². The molecule has 1 aliphatic rings. The quantitative estimate of drug-likeness (QED) is 0.472. The van der Waals surface area contributed by atoms with Crippen LogP contribution in [0.4, 0.5) is 0 Å². The Morgan fingerprint density at radius 3 is 2.67 bits per heavy atom. The second-order valence-corrected chi connectivity index (χ2v) is 7.91. The summed E-state index contributed by atoms with van der Waals surface area (Å²) in [7, 11) is 1.46. The van der Waals surface area contributed by atoms with Crippen LogP contribution in [-0.2, 0) is 0 Å². The number of aromatic nitrogens is 2. The molecule has 0 N–H and O–H groups in total. The normalized spacial score (nSPS) is 15.5. The van der Waals surface area contributed by atoms with Gasteiger partial charge in [-0.1, -0.05) is 36.4 Å². The summed E-state index contributed by atoms with van der Waals surface area (Å²) in [6, 6.07) is 20.3. The fraction of sp³-hybridized carbons (Fsp3) is 0.192. The molecule has 0 radical (unpaired) electrons. The van der Waals surface area contributed by atoms with Gasteiger partial charge in [0.2, 0.25) is 0 Å². The van der Waals surface area contributed by atoms with Gasteiger partial charge >= 0.3 is 0 Å². The molecule has 33 heavy (non-hydrogen) atoms. The van der Waals surface area contributed by atoms with Gasteiger partial charge in [-0.25, -0.2) is 0 Å². The van der Waals surface area contributed by atoms with E-state index in [1.807, 2.05) is 60.7 Å². The van der Waals surface area contributed by atoms with Crippen LogP contribution >= 0.6 is 0 Å². The summed E-state index contributed by atoms with van der Waals surface area (Å²) < 4.78 is 13.1. The Labute approximate surface area is 190 Å². The molecule has 1 saturated heterocycles. The van der Waals surface area contributed by atoms with Crippen molar-refractivity contribution in [1.29, 1.82) is 0 Å². The van der Waals surface area contributed by atoms with E-state index in [-0.39, 0.29) is 23.3 Å². The highest BCUT2D eigenvalue weighted by atomic mass is 16.5. The van der Waals surface area contributed by atoms with Crippen LogP contribution in [-0.4, -0.2) is 46.7 Å². The van der Waals surface area contributed by atoms with Gasteiger partial charge in [-0.05, 0) is 24.3 Å². The average Bonchev–Trinajstić information content (AvgIpc) is 3.32. The van der Waals surface area contributed by atoms with E-state index in [0.29, 0.717) is 36.5 Å². The summed E-state index contributed by atoms with van der Waals surface area (Å²) in [6.07, 6.45) is 3.86. The summed E-state index contributed by atoms with van der Waals surface area (Å²) >= 11 is 0. The standard InChI is InChI=1S/C26H23N3O4/c1-32-23-15-24(30)29(19-9-3-2-4-10-19)17-21(23)26(31)28-14-12-20(16-28)33-22-11-5-7-18-8-6-13-27-25(18)22/h2-11,13,15,17,20H,12,14,16H2,1H3. The van der Waals surface area contributed by atoms with Gasteiger partial charge < -0.3 is 14.4 Å². The zero-order valence-corrected chi connectivity index (χ0v) is 18.2. The Morgan fingerprint density at radius 1 is 1.03 bits per heavy atom. The number of carbonyl (C=O) groups is 1. The number of amides is 1. The molecule has 0 aliphatic carbocycles. The van der Waals surface area contributed by atoms with Gasteiger partial charge in [0.05, 0.1) is 19.2 Å². The topological polar surface area (TPSA) is 73.7 Å². The van der Waals surface area contributed by atoms with Gasteiger partial charge in [0.1, 0.15) is 23.1 Å². The van der Waals surface area contributed by atoms with Crippen molar-refractivity contribution >= 4 is 16.8 Å². The molecule has 1 unspecified atom stereocenters. The smallest absolute Gasteiger partial charge is 0.259 e. The number of fused-ring (bicyclic) bond motifs is 1. The van der Waals surface area contributed by atoms with E-state index in [0.717, 1.165) is 10.9 Å². The summed E-state index contributed by atoms with van der Waals surface area (Å²) in [5, 5.41) is 1.01. The maximum atomic E-state index is 13.4. The Bertz CT molecular complexity index is 1360. The fourth-order valence-electron chi connectivity index (χ4n) is 4.17. The lowest BCUT2D eigenvalue weighted by atomic mass is 10.2. The molecule has 0 bridgehead atoms. The molecule has 2 aromatic carbocycles. The third-order valence-electron chi connectivity index (χ3n) is 5.82. The highest BCUT2D eigenvalue weighted by Gasteiger charge is 2.30. The molecule has 1 fully saturated rings. The summed E-state index contributed by atoms with van der Waals surface area (Å²) in [5.41, 5.74) is 1.57. The van der Waals surface area contributed by atoms with E-state index < -0.39 is 0 Å². The molecule has 7 heteroatoms. The molecule has 1 atom stereocenters. The zero-order valence-electron chi connectivity index (χ0n) is 18.2. The minimum atomic E-state index is -0.263. The Hall–Kier alpha value is -4.13. The number of methoxy groups -OCH3 is 1. The molecule has 0 saturated carbocycles. The zero-order chi connectivity index (χ0) is 22.8. The molecule has 2 aromatic heterocycles. The number of hydrogen-bond acceptors (Lipinski definition) is 5. The lowest BCUT2D eigenvalue weighted by Crippen LogP contribution is -2.32. The van der Waals surface area contributed by atoms with Crippen LogP contribution in [0.25, 0.3) is 16.6 Å². The first kappa shape index (κ1) is 20.8. The molecule has 3 heterocycles. The van der Waals surface area contributed by atoms with Crippen molar-refractivity contribution in [3.05, 3.63) is 95.0 Å². The van der Waals surface area contributed by atoms with E-state index >= 15 is 0 Å². The van der Waals surface area contributed by atoms with Crippen molar-refractivity contribution in [3.8, 4) is 17.2 Å². The summed E-state index contributed by atoms with van der Waals surface area (Å²) in [6.45, 7) is 0.991. The number of pyridine rings is 2. The summed E-state index contributed by atoms with van der Waals surface area (Å²) in [4.78, 5) is 32.2. The number of benzene rings is 2. The maximum Gasteiger partial charge on any atom is 0.259 e. The highest BCUT2D eigenvalue weighted by molar-refractivity contribution is 5.97. The Balaban J connectivity index is 1.39. The number of para-hydroxylation sites is 2. The van der Waals surface area contributed by atoms with Gasteiger partial charge in [0.25, 0.3) is 11.5 Å². The number of rotatable bonds is 5. The van der Waals surface area contributed by atoms with Crippen molar-refractivity contribution in [2.45, 2.75) is 12.5 Å². The number of carbonyl (C=O) groups excluding carboxylic acids is 1. The minimum absolute atomic E-state index is 0.146. The Kier molecular flexibility index (Phi) is 5.52. The molecule has 4 aromatic rings. The maximum absolute atomic E-state index is 13.4. The van der Waals surface area contributed by atoms with Crippen molar-refractivity contribution in [1.82, 2.24) is 14.5 Å². The molecule has 7 nitrogen and oxygen atoms in total. The third kappa shape index (κ3) is 4.05. The van der Waals surface area contributed by atoms with Crippen molar-refractivity contribution in [2.75, 3.05) is 20.2 Å². The van der Waals surface area contributed by atoms with Gasteiger partial charge in [-0.15, -0.1) is 0 Å². The first-order valence-corrected chi connectivity index (χ1v) is 10.8. The molecule has 166 valence electrons. The van der Waals surface area contributed by atoms with Gasteiger partial charge in [-0.3, -0.25) is 19.1 Å². The highest BCUT2D eigenvalue weighted by Crippen LogP contribution is 2.27. The number of likely N-dealkylation sites (tertiary alicyclic amines) is 1. The first-order valence-electron chi connectivity index (χ1n) is 10.8. The largest absolute Gasteiger partial charge is 0.496 e. The first-order chi connectivity index (χ1) is 16.1. The molecule has 1 aliphatic heterocycles. The second-order valence-electron chi connectivity index (χ2n) is 7.91. The predicted molar refractivity (Wildman–Crippen MR) is 125 cm³/mol. The van der Waals surface area contributed by atoms with Gasteiger partial charge in [-0.2, -0.15) is 0 Å². The van der Waals surface area contributed by atoms with Crippen molar-refractivity contribution < 1.29 is 14.3 Å². The number of nitrogens with zero attached hydrogens (tertiary/aromatic N) is 3. The lowest BCUT2D eigenvalue weighted by molar-refractivity contribution is 0.0768. The summed E-state index contributed by atoms with van der Waals surface area (Å²) in [5.74, 6) is 0.779. The van der Waals surface area contributed by atoms with Crippen LogP contribution in [0.5, 0.6) is 11.5 Å². The number of ether oxygens (including phenoxy) is 2. The van der Waals surface area contributed by atoms with Crippen LogP contribution in [0.3, 0.4) is 0 Å². The van der Waals surface area contributed by atoms with Crippen LogP contribution in [0, 0.1) is 0 Å². The minimum Gasteiger partial charge on any atom is -0.496 e. The molecule has 5 rings (SSSR count). The van der Waals surface area contributed by atoms with E-state index in [9.17, 15) is 9.59 Å². The molecule has 1 amide bonds. The molecular weight excluding hydrogens is 418 g/mol. The van der Waals surface area contributed by atoms with E-state index in [4.69, 9.17) is 9.47 Å². The van der Waals surface area contributed by atoms with Crippen LogP contribution in [0.15, 0.2) is 83.9 Å². The van der Waals surface area contributed by atoms with Crippen LogP contribution in [0.1, 0.15) is 16.8 Å². The average molecular weight is 441 g/mol. The van der Waals surface area contributed by atoms with E-state index in [2.05, 4.69) is 4.98 Å². The van der Waals surface area contributed by atoms with Gasteiger partial charge in [0.15, 0.2) is 0 Å². The lowest BCUT2D eigenvalue weighted by Gasteiger charge is -2.20. The van der Waals surface area contributed by atoms with Crippen molar-refractivity contribution in [3.63, 3.8) is 0 Å². The molecular formula is C26H23N3O4. The van der Waals surface area contributed by atoms with Gasteiger partial charge in [0, 0.05) is 42.5 Å². The van der Waals surface area contributed by atoms with Crippen LogP contribution in [0.2, 0.25) is 0 Å².